The molecule has 0 aliphatic carbocycles. The Hall–Kier alpha value is -2.75. The van der Waals surface area contributed by atoms with Gasteiger partial charge in [-0.3, -0.25) is 0 Å². The molecule has 8 nitrogen and oxygen atoms in total. The number of rotatable bonds is 8. The van der Waals surface area contributed by atoms with Gasteiger partial charge in [-0.2, -0.15) is 0 Å². The summed E-state index contributed by atoms with van der Waals surface area (Å²) in [5.41, 5.74) is 1.91. The van der Waals surface area contributed by atoms with Crippen LogP contribution in [-0.2, 0) is 10.0 Å². The van der Waals surface area contributed by atoms with E-state index in [9.17, 15) is 8.42 Å². The predicted octanol–water partition coefficient (Wildman–Crippen LogP) is 3.28. The average Bonchev–Trinajstić information content (AvgIpc) is 2.68. The third-order valence-electron chi connectivity index (χ3n) is 4.01. The van der Waals surface area contributed by atoms with Crippen LogP contribution in [0.3, 0.4) is 0 Å². The fourth-order valence-corrected chi connectivity index (χ4v) is 3.73. The van der Waals surface area contributed by atoms with Crippen molar-refractivity contribution in [1.82, 2.24) is 19.9 Å². The Balaban J connectivity index is 1.49. The Bertz CT molecular complexity index is 1090. The molecule has 152 valence electrons. The van der Waals surface area contributed by atoms with E-state index < -0.39 is 10.0 Å². The summed E-state index contributed by atoms with van der Waals surface area (Å²) in [6.07, 6.45) is 1.71. The molecule has 1 aromatic carbocycles. The van der Waals surface area contributed by atoms with E-state index >= 15 is 0 Å². The number of aromatic nitrogens is 3. The van der Waals surface area contributed by atoms with Crippen molar-refractivity contribution in [2.75, 3.05) is 23.7 Å². The molecule has 0 amide bonds. The second-order valence-electron chi connectivity index (χ2n) is 6.38. The van der Waals surface area contributed by atoms with E-state index in [1.54, 1.807) is 24.4 Å². The third kappa shape index (κ3) is 5.86. The first kappa shape index (κ1) is 21.0. The molecule has 2 aromatic heterocycles. The Kier molecular flexibility index (Phi) is 6.63. The summed E-state index contributed by atoms with van der Waals surface area (Å²) in [4.78, 5) is 4.34. The van der Waals surface area contributed by atoms with Crippen LogP contribution in [0, 0.1) is 13.8 Å². The number of sulfonamides is 1. The quantitative estimate of drug-likeness (QED) is 0.468. The van der Waals surface area contributed by atoms with E-state index in [0.717, 1.165) is 11.1 Å². The summed E-state index contributed by atoms with van der Waals surface area (Å²) in [6, 6.07) is 12.0. The highest BCUT2D eigenvalue weighted by atomic mass is 35.5. The van der Waals surface area contributed by atoms with Gasteiger partial charge in [0.2, 0.25) is 10.0 Å². The number of benzene rings is 1. The summed E-state index contributed by atoms with van der Waals surface area (Å²) in [5.74, 6) is 1.78. The number of nitrogens with zero attached hydrogens (tertiary/aromatic N) is 3. The van der Waals surface area contributed by atoms with Gasteiger partial charge in [-0.15, -0.1) is 10.2 Å². The van der Waals surface area contributed by atoms with Crippen LogP contribution in [0.1, 0.15) is 11.1 Å². The van der Waals surface area contributed by atoms with Crippen LogP contribution in [0.5, 0.6) is 0 Å². The minimum atomic E-state index is -3.63. The smallest absolute Gasteiger partial charge is 0.240 e. The van der Waals surface area contributed by atoms with Crippen molar-refractivity contribution in [2.24, 2.45) is 0 Å². The van der Waals surface area contributed by atoms with Crippen molar-refractivity contribution in [1.29, 1.82) is 0 Å². The summed E-state index contributed by atoms with van der Waals surface area (Å²) < 4.78 is 27.1. The van der Waals surface area contributed by atoms with Crippen LogP contribution in [0.15, 0.2) is 53.6 Å². The van der Waals surface area contributed by atoms with Crippen molar-refractivity contribution >= 4 is 39.1 Å². The van der Waals surface area contributed by atoms with Gasteiger partial charge in [-0.05, 0) is 61.4 Å². The lowest BCUT2D eigenvalue weighted by Crippen LogP contribution is -2.29. The lowest BCUT2D eigenvalue weighted by Gasteiger charge is -2.09. The highest BCUT2D eigenvalue weighted by Crippen LogP contribution is 2.19. The second kappa shape index (κ2) is 9.17. The van der Waals surface area contributed by atoms with Gasteiger partial charge in [-0.1, -0.05) is 17.7 Å². The van der Waals surface area contributed by atoms with Crippen molar-refractivity contribution in [2.45, 2.75) is 18.7 Å². The predicted molar refractivity (Wildman–Crippen MR) is 114 cm³/mol. The summed E-state index contributed by atoms with van der Waals surface area (Å²) in [7, 11) is -3.63. The van der Waals surface area contributed by atoms with E-state index in [0.29, 0.717) is 29.0 Å². The molecule has 2 heterocycles. The highest BCUT2D eigenvalue weighted by Gasteiger charge is 2.14. The maximum atomic E-state index is 12.3. The molecule has 3 rings (SSSR count). The fourth-order valence-electron chi connectivity index (χ4n) is 2.43. The maximum absolute atomic E-state index is 12.3. The number of pyridine rings is 1. The van der Waals surface area contributed by atoms with Crippen LogP contribution in [0.2, 0.25) is 5.02 Å². The normalized spacial score (nSPS) is 11.3. The van der Waals surface area contributed by atoms with Gasteiger partial charge in [0.1, 0.15) is 11.6 Å². The van der Waals surface area contributed by atoms with Crippen molar-refractivity contribution in [3.8, 4) is 0 Å². The highest BCUT2D eigenvalue weighted by molar-refractivity contribution is 7.89. The topological polar surface area (TPSA) is 109 Å². The molecule has 0 atom stereocenters. The number of hydrogen-bond acceptors (Lipinski definition) is 7. The zero-order valence-electron chi connectivity index (χ0n) is 16.0. The molecule has 29 heavy (non-hydrogen) atoms. The van der Waals surface area contributed by atoms with Gasteiger partial charge in [0.05, 0.1) is 4.90 Å². The molecule has 0 spiro atoms. The molecular formula is C19H21ClN6O2S. The van der Waals surface area contributed by atoms with E-state index in [1.807, 2.05) is 26.0 Å². The Morgan fingerprint density at radius 3 is 2.38 bits per heavy atom. The second-order valence-corrected chi connectivity index (χ2v) is 8.56. The number of nitrogens with one attached hydrogen (secondary N) is 3. The standard InChI is InChI=1S/C19H21ClN6O2S/c1-13-7-8-21-19(11-13)24-18-6-5-17(25-26-18)22-9-10-23-29(27,28)15-4-3-14(2)16(20)12-15/h3-8,11-12,23H,9-10H2,1-2H3,(H,22,25)(H,21,24,26). The Morgan fingerprint density at radius 2 is 1.69 bits per heavy atom. The summed E-state index contributed by atoms with van der Waals surface area (Å²) >= 11 is 6.00. The van der Waals surface area contributed by atoms with Crippen LogP contribution in [-0.4, -0.2) is 36.7 Å². The number of aryl methyl sites for hydroxylation is 2. The largest absolute Gasteiger partial charge is 0.367 e. The van der Waals surface area contributed by atoms with Gasteiger partial charge in [0.25, 0.3) is 0 Å². The van der Waals surface area contributed by atoms with Gasteiger partial charge in [0.15, 0.2) is 5.82 Å². The molecule has 0 aliphatic rings. The Morgan fingerprint density at radius 1 is 0.931 bits per heavy atom. The monoisotopic (exact) mass is 432 g/mol. The average molecular weight is 433 g/mol. The zero-order valence-corrected chi connectivity index (χ0v) is 17.5. The first-order chi connectivity index (χ1) is 13.8. The number of halogens is 1. The molecule has 10 heteroatoms. The Labute approximate surface area is 174 Å². The van der Waals surface area contributed by atoms with Gasteiger partial charge >= 0.3 is 0 Å². The molecular weight excluding hydrogens is 412 g/mol. The zero-order chi connectivity index (χ0) is 20.9. The van der Waals surface area contributed by atoms with Gasteiger partial charge in [0, 0.05) is 24.3 Å². The van der Waals surface area contributed by atoms with E-state index in [4.69, 9.17) is 11.6 Å². The van der Waals surface area contributed by atoms with Crippen molar-refractivity contribution < 1.29 is 8.42 Å². The first-order valence-electron chi connectivity index (χ1n) is 8.86. The van der Waals surface area contributed by atoms with E-state index in [1.165, 1.54) is 12.1 Å². The minimum absolute atomic E-state index is 0.132. The summed E-state index contributed by atoms with van der Waals surface area (Å²) in [6.45, 7) is 4.32. The maximum Gasteiger partial charge on any atom is 0.240 e. The lowest BCUT2D eigenvalue weighted by atomic mass is 10.2. The molecule has 0 radical (unpaired) electrons. The SMILES string of the molecule is Cc1ccnc(Nc2ccc(NCCNS(=O)(=O)c3ccc(C)c(Cl)c3)nn2)c1. The van der Waals surface area contributed by atoms with E-state index in [-0.39, 0.29) is 11.4 Å². The van der Waals surface area contributed by atoms with Crippen LogP contribution in [0.4, 0.5) is 17.5 Å². The fraction of sp³-hybridized carbons (Fsp3) is 0.211. The molecule has 0 saturated heterocycles. The van der Waals surface area contributed by atoms with Crippen LogP contribution < -0.4 is 15.4 Å². The minimum Gasteiger partial charge on any atom is -0.367 e. The van der Waals surface area contributed by atoms with Crippen LogP contribution >= 0.6 is 11.6 Å². The molecule has 0 fully saturated rings. The van der Waals surface area contributed by atoms with Crippen LogP contribution in [0.25, 0.3) is 0 Å². The van der Waals surface area contributed by atoms with Gasteiger partial charge < -0.3 is 10.6 Å². The molecule has 0 saturated carbocycles. The van der Waals surface area contributed by atoms with Gasteiger partial charge in [-0.25, -0.2) is 18.1 Å². The molecule has 0 aliphatic heterocycles. The number of hydrogen-bond donors (Lipinski definition) is 3. The van der Waals surface area contributed by atoms with Crippen molar-refractivity contribution in [3.63, 3.8) is 0 Å². The van der Waals surface area contributed by atoms with Crippen molar-refractivity contribution in [3.05, 3.63) is 64.8 Å². The lowest BCUT2D eigenvalue weighted by molar-refractivity contribution is 0.583. The molecule has 0 unspecified atom stereocenters. The first-order valence-corrected chi connectivity index (χ1v) is 10.7. The number of anilines is 3. The summed E-state index contributed by atoms with van der Waals surface area (Å²) in [5, 5.41) is 14.6. The van der Waals surface area contributed by atoms with E-state index in [2.05, 4.69) is 30.5 Å². The molecule has 0 bridgehead atoms. The third-order valence-corrected chi connectivity index (χ3v) is 5.88. The molecule has 3 aromatic rings. The molecule has 3 N–H and O–H groups in total.